The molecule has 0 aromatic carbocycles. The fourth-order valence-corrected chi connectivity index (χ4v) is 17.7. The molecule has 0 amide bonds. The maximum absolute atomic E-state index is 14.8. The lowest BCUT2D eigenvalue weighted by atomic mass is 9.71. The number of nitrogens with zero attached hydrogens (tertiary/aromatic N) is 9. The Morgan fingerprint density at radius 2 is 0.703 bits per heavy atom. The van der Waals surface area contributed by atoms with E-state index in [0.29, 0.717) is 59.2 Å². The first-order valence-corrected chi connectivity index (χ1v) is 35.5. The van der Waals surface area contributed by atoms with E-state index >= 15 is 0 Å². The molecule has 0 atom stereocenters. The lowest BCUT2D eigenvalue weighted by Gasteiger charge is -2.48. The van der Waals surface area contributed by atoms with Gasteiger partial charge in [0.15, 0.2) is 5.70 Å². The van der Waals surface area contributed by atoms with E-state index in [1.165, 1.54) is 38.5 Å². The van der Waals surface area contributed by atoms with Crippen LogP contribution in [0.15, 0.2) is 67.5 Å². The highest BCUT2D eigenvalue weighted by Crippen LogP contribution is 2.51. The summed E-state index contributed by atoms with van der Waals surface area (Å²) in [6, 6.07) is 10.8. The molecule has 0 heterocycles. The number of allylic oxidation sites excluding steroid dienone is 8. The van der Waals surface area contributed by atoms with E-state index in [-0.39, 0.29) is 65.9 Å². The van der Waals surface area contributed by atoms with Crippen molar-refractivity contribution in [1.82, 2.24) is 14.7 Å². The van der Waals surface area contributed by atoms with Crippen molar-refractivity contribution in [3.8, 4) is 24.3 Å². The molecule has 0 bridgehead atoms. The van der Waals surface area contributed by atoms with Crippen LogP contribution in [0.4, 0.5) is 0 Å². The molecular formula is C76H103N9O6. The van der Waals surface area contributed by atoms with Gasteiger partial charge in [-0.15, -0.1) is 0 Å². The third-order valence-corrected chi connectivity index (χ3v) is 21.9. The number of hydrogen-bond acceptors (Lipinski definition) is 13. The van der Waals surface area contributed by atoms with Crippen LogP contribution in [0.1, 0.15) is 273 Å². The summed E-state index contributed by atoms with van der Waals surface area (Å²) >= 11 is 0. The van der Waals surface area contributed by atoms with E-state index in [9.17, 15) is 35.4 Å². The molecule has 6 fully saturated rings. The topological polar surface area (TPSA) is 192 Å². The zero-order valence-corrected chi connectivity index (χ0v) is 56.1. The quantitative estimate of drug-likeness (QED) is 0.0414. The van der Waals surface area contributed by atoms with Crippen LogP contribution >= 0.6 is 0 Å². The minimum absolute atomic E-state index is 0.255. The molecule has 0 N–H and O–H groups in total. The largest absolute Gasteiger partial charge is 0.470 e. The van der Waals surface area contributed by atoms with Crippen molar-refractivity contribution in [2.24, 2.45) is 22.2 Å². The third-order valence-electron chi connectivity index (χ3n) is 21.9. The summed E-state index contributed by atoms with van der Waals surface area (Å²) in [5.41, 5.74) is 2.68. The van der Waals surface area contributed by atoms with Crippen LogP contribution < -0.4 is 0 Å². The van der Waals surface area contributed by atoms with Gasteiger partial charge in [-0.3, -0.25) is 4.79 Å². The maximum Gasteiger partial charge on any atom is 0.349 e. The Bertz CT molecular complexity index is 2760. The highest BCUT2D eigenvalue weighted by molar-refractivity contribution is 5.96. The molecule has 9 aliphatic carbocycles. The Hall–Kier alpha value is -6.81. The Kier molecular flexibility index (Phi) is 23.5. The van der Waals surface area contributed by atoms with Crippen LogP contribution in [-0.2, 0) is 28.6 Å². The van der Waals surface area contributed by atoms with Crippen LogP contribution in [0.5, 0.6) is 0 Å². The van der Waals surface area contributed by atoms with Gasteiger partial charge in [-0.2, -0.15) is 21.0 Å². The molecule has 0 saturated heterocycles. The molecular weight excluding hydrogens is 1130 g/mol. The average molecular weight is 1240 g/mol. The molecule has 488 valence electrons. The van der Waals surface area contributed by atoms with E-state index < -0.39 is 59.9 Å². The number of carbonyl (C=O) groups excluding carboxylic acids is 3. The molecule has 9 aliphatic rings. The number of nitriles is 4. The highest BCUT2D eigenvalue weighted by atomic mass is 16.6. The molecule has 15 heteroatoms. The molecule has 0 aromatic heterocycles. The predicted molar refractivity (Wildman–Crippen MR) is 350 cm³/mol. The zero-order chi connectivity index (χ0) is 64.9. The zero-order valence-electron chi connectivity index (χ0n) is 56.1. The summed E-state index contributed by atoms with van der Waals surface area (Å²) in [7, 11) is 0. The monoisotopic (exact) mass is 1240 g/mol. The molecule has 0 radical (unpaired) electrons. The van der Waals surface area contributed by atoms with Crippen molar-refractivity contribution in [2.45, 2.75) is 309 Å². The Morgan fingerprint density at radius 3 is 0.978 bits per heavy atom. The fourth-order valence-electron chi connectivity index (χ4n) is 17.7. The van der Waals surface area contributed by atoms with Crippen molar-refractivity contribution in [3.05, 3.63) is 90.3 Å². The smallest absolute Gasteiger partial charge is 0.349 e. The summed E-state index contributed by atoms with van der Waals surface area (Å²) in [5.74, 6) is -3.99. The number of hydrogen-bond donors (Lipinski definition) is 0. The van der Waals surface area contributed by atoms with Crippen LogP contribution in [-0.4, -0.2) is 88.7 Å². The molecule has 0 aromatic rings. The van der Waals surface area contributed by atoms with E-state index in [1.807, 2.05) is 0 Å². The van der Waals surface area contributed by atoms with Crippen LogP contribution in [0.3, 0.4) is 0 Å². The summed E-state index contributed by atoms with van der Waals surface area (Å²) in [6.07, 6.45) is 35.4. The SMILES string of the molecule is [C-]#[N+]C1=C(N(C2CCCCC2)C2CCCCC2)CC(C)(C)C/C1=C(/[N+]#[C-])C(=O)OCC(COC(=O)/C(C#N)=C1\CC(C)(C)CC(N(C2CCCCC2)C2CCCCC2)=C1C#N)COC(=O)/C(C#N)=C1\CC(C)(C)CC(N(C2CCCCC2)C2CCCCC2)=C1C#N. The van der Waals surface area contributed by atoms with Gasteiger partial charge in [0.05, 0.1) is 36.8 Å². The van der Waals surface area contributed by atoms with Gasteiger partial charge in [-0.1, -0.05) is 157 Å². The Morgan fingerprint density at radius 1 is 0.429 bits per heavy atom. The predicted octanol–water partition coefficient (Wildman–Crippen LogP) is 17.1. The highest BCUT2D eigenvalue weighted by Gasteiger charge is 2.45. The standard InChI is InChI=1S/C76H103N9O6/c1-74(2)39-59(62(45-77)66(42-74)83(53-27-15-9-16-28-53)54-29-17-10-18-30-54)64(47-79)71(86)89-49-52(50-90-72(87)65(48-80)60-40-75(3,4)43-67(63(60)46-78)84(55-31-19-11-20-32-55)56-33-21-12-22-34-56)51-91-73(88)70(82-8)61-41-76(5,6)44-68(69(61)81-7)85(57-35-23-13-24-36-57)58-37-25-14-26-38-58/h52-58H,9-44,49-51H2,1-6H3/b64-59+,65-60+,70-61-. The lowest BCUT2D eigenvalue weighted by Crippen LogP contribution is -2.46. The van der Waals surface area contributed by atoms with Crippen molar-refractivity contribution in [1.29, 1.82) is 21.0 Å². The van der Waals surface area contributed by atoms with Crippen molar-refractivity contribution >= 4 is 17.9 Å². The van der Waals surface area contributed by atoms with Gasteiger partial charge < -0.3 is 28.9 Å². The van der Waals surface area contributed by atoms with E-state index in [1.54, 1.807) is 0 Å². The van der Waals surface area contributed by atoms with E-state index in [4.69, 9.17) is 27.4 Å². The van der Waals surface area contributed by atoms with Crippen molar-refractivity contribution in [2.75, 3.05) is 19.8 Å². The average Bonchev–Trinajstić information content (AvgIpc) is 0.838. The molecule has 9 rings (SSSR count). The summed E-state index contributed by atoms with van der Waals surface area (Å²) in [5, 5.41) is 44.4. The minimum Gasteiger partial charge on any atom is -0.470 e. The molecule has 0 spiro atoms. The fraction of sp³-hybridized carbons (Fsp3) is 0.724. The second-order valence-electron chi connectivity index (χ2n) is 30.8. The summed E-state index contributed by atoms with van der Waals surface area (Å²) in [6.45, 7) is 28.4. The van der Waals surface area contributed by atoms with Gasteiger partial charge in [0.2, 0.25) is 0 Å². The van der Waals surface area contributed by atoms with Gasteiger partial charge in [0.1, 0.15) is 48.6 Å². The first-order chi connectivity index (χ1) is 43.8. The van der Waals surface area contributed by atoms with Crippen molar-refractivity contribution < 1.29 is 28.6 Å². The van der Waals surface area contributed by atoms with Gasteiger partial charge in [-0.05, 0) is 149 Å². The first kappa shape index (κ1) is 68.6. The number of esters is 3. The van der Waals surface area contributed by atoms with Gasteiger partial charge in [0, 0.05) is 53.3 Å². The molecule has 15 nitrogen and oxygen atoms in total. The molecule has 91 heavy (non-hydrogen) atoms. The van der Waals surface area contributed by atoms with Crippen LogP contribution in [0.2, 0.25) is 0 Å². The second-order valence-corrected chi connectivity index (χ2v) is 30.8. The van der Waals surface area contributed by atoms with Gasteiger partial charge in [-0.25, -0.2) is 19.3 Å². The Balaban J connectivity index is 1.06. The van der Waals surface area contributed by atoms with Crippen LogP contribution in [0, 0.1) is 80.6 Å². The Labute approximate surface area is 545 Å². The number of rotatable bonds is 18. The van der Waals surface area contributed by atoms with Gasteiger partial charge in [0.25, 0.3) is 5.70 Å². The second kappa shape index (κ2) is 31.2. The molecule has 0 unspecified atom stereocenters. The van der Waals surface area contributed by atoms with E-state index in [2.05, 4.69) is 90.2 Å². The van der Waals surface area contributed by atoms with E-state index in [0.717, 1.165) is 171 Å². The molecule has 0 aliphatic heterocycles. The molecule has 6 saturated carbocycles. The summed E-state index contributed by atoms with van der Waals surface area (Å²) in [4.78, 5) is 59.9. The maximum atomic E-state index is 14.8. The lowest BCUT2D eigenvalue weighted by molar-refractivity contribution is -0.148. The van der Waals surface area contributed by atoms with Gasteiger partial charge >= 0.3 is 17.9 Å². The normalized spacial score (nSPS) is 24.9. The third kappa shape index (κ3) is 16.5. The van der Waals surface area contributed by atoms with Crippen LogP contribution in [0.25, 0.3) is 9.69 Å². The summed E-state index contributed by atoms with van der Waals surface area (Å²) < 4.78 is 18.3. The number of carbonyl (C=O) groups is 3. The number of ether oxygens (including phenoxy) is 3. The van der Waals surface area contributed by atoms with Crippen molar-refractivity contribution in [3.63, 3.8) is 0 Å². The minimum atomic E-state index is -1.08. The first-order valence-electron chi connectivity index (χ1n) is 35.5.